The molecule has 178 valence electrons. The van der Waals surface area contributed by atoms with Crippen LogP contribution >= 0.6 is 0 Å². The summed E-state index contributed by atoms with van der Waals surface area (Å²) in [6.07, 6.45) is 3.95. The second-order valence-electron chi connectivity index (χ2n) is 9.11. The van der Waals surface area contributed by atoms with Crippen molar-refractivity contribution >= 4 is 33.0 Å². The van der Waals surface area contributed by atoms with Crippen molar-refractivity contribution in [3.63, 3.8) is 0 Å². The number of fused-ring (bicyclic) bond motifs is 1. The van der Waals surface area contributed by atoms with Crippen LogP contribution < -0.4 is 10.2 Å². The molecule has 3 aromatic rings. The van der Waals surface area contributed by atoms with Gasteiger partial charge in [-0.3, -0.25) is 4.90 Å². The Morgan fingerprint density at radius 2 is 1.76 bits per heavy atom. The summed E-state index contributed by atoms with van der Waals surface area (Å²) < 4.78 is 23.6. The minimum Gasteiger partial charge on any atom is -0.326 e. The summed E-state index contributed by atoms with van der Waals surface area (Å²) >= 11 is 0. The number of anilines is 4. The van der Waals surface area contributed by atoms with Crippen LogP contribution in [0.25, 0.3) is 0 Å². The predicted octanol–water partition coefficient (Wildman–Crippen LogP) is 3.07. The van der Waals surface area contributed by atoms with Crippen molar-refractivity contribution in [3.05, 3.63) is 65.9 Å². The minimum absolute atomic E-state index is 0.317. The first-order chi connectivity index (χ1) is 16.3. The van der Waals surface area contributed by atoms with Crippen molar-refractivity contribution in [3.8, 4) is 0 Å². The highest BCUT2D eigenvalue weighted by molar-refractivity contribution is 7.90. The molecule has 2 aromatic carbocycles. The number of hydrogen-bond donors (Lipinski definition) is 1. The summed E-state index contributed by atoms with van der Waals surface area (Å²) in [5.41, 5.74) is 4.24. The maximum Gasteiger partial charge on any atom is 0.229 e. The molecule has 0 atom stereocenters. The molecule has 0 unspecified atom stereocenters. The van der Waals surface area contributed by atoms with E-state index >= 15 is 0 Å². The third kappa shape index (κ3) is 5.06. The average molecular weight is 479 g/mol. The van der Waals surface area contributed by atoms with Gasteiger partial charge in [0.2, 0.25) is 5.95 Å². The molecule has 1 aromatic heterocycles. The first-order valence-corrected chi connectivity index (χ1v) is 13.4. The van der Waals surface area contributed by atoms with Crippen LogP contribution in [-0.4, -0.2) is 74.2 Å². The molecule has 0 radical (unpaired) electrons. The van der Waals surface area contributed by atoms with E-state index in [1.165, 1.54) is 11.8 Å². The molecule has 1 fully saturated rings. The SMILES string of the molecule is CN1CCN(Cc2cccc(Nc3ncc4c(n3)N(c3ccc(S(C)(=O)=O)cc3)CC4)c2)CC1. The van der Waals surface area contributed by atoms with Crippen molar-refractivity contribution in [2.75, 3.05) is 56.2 Å². The molecule has 2 aliphatic rings. The lowest BCUT2D eigenvalue weighted by Crippen LogP contribution is -2.43. The minimum atomic E-state index is -3.22. The molecule has 3 heterocycles. The van der Waals surface area contributed by atoms with E-state index in [9.17, 15) is 8.42 Å². The van der Waals surface area contributed by atoms with Gasteiger partial charge < -0.3 is 15.1 Å². The van der Waals surface area contributed by atoms with E-state index in [2.05, 4.69) is 50.2 Å². The second-order valence-corrected chi connectivity index (χ2v) is 11.1. The Morgan fingerprint density at radius 3 is 2.50 bits per heavy atom. The largest absolute Gasteiger partial charge is 0.326 e. The van der Waals surface area contributed by atoms with Crippen LogP contribution in [0.5, 0.6) is 0 Å². The summed E-state index contributed by atoms with van der Waals surface area (Å²) in [6.45, 7) is 6.10. The quantitative estimate of drug-likeness (QED) is 0.579. The highest BCUT2D eigenvalue weighted by Gasteiger charge is 2.23. The zero-order valence-electron chi connectivity index (χ0n) is 19.6. The number of aromatic nitrogens is 2. The number of likely N-dealkylation sites (N-methyl/N-ethyl adjacent to an activating group) is 1. The monoisotopic (exact) mass is 478 g/mol. The number of rotatable bonds is 6. The van der Waals surface area contributed by atoms with Gasteiger partial charge in [0.05, 0.1) is 4.90 Å². The van der Waals surface area contributed by atoms with Crippen LogP contribution in [0.15, 0.2) is 59.6 Å². The Bertz CT molecular complexity index is 1270. The second kappa shape index (κ2) is 9.32. The van der Waals surface area contributed by atoms with E-state index in [4.69, 9.17) is 4.98 Å². The van der Waals surface area contributed by atoms with Gasteiger partial charge in [-0.25, -0.2) is 13.4 Å². The molecule has 1 saturated heterocycles. The van der Waals surface area contributed by atoms with Gasteiger partial charge in [0, 0.05) is 68.7 Å². The zero-order chi connectivity index (χ0) is 23.7. The van der Waals surface area contributed by atoms with Crippen molar-refractivity contribution in [1.82, 2.24) is 19.8 Å². The fourth-order valence-electron chi connectivity index (χ4n) is 4.47. The molecule has 9 heteroatoms. The molecular formula is C25H30N6O2S. The fourth-order valence-corrected chi connectivity index (χ4v) is 5.10. The lowest BCUT2D eigenvalue weighted by atomic mass is 10.1. The van der Waals surface area contributed by atoms with Gasteiger partial charge in [0.15, 0.2) is 9.84 Å². The molecule has 0 amide bonds. The Hall–Kier alpha value is -3.01. The van der Waals surface area contributed by atoms with Crippen molar-refractivity contribution < 1.29 is 8.42 Å². The molecule has 0 bridgehead atoms. The van der Waals surface area contributed by atoms with E-state index in [1.54, 1.807) is 12.1 Å². The first-order valence-electron chi connectivity index (χ1n) is 11.6. The van der Waals surface area contributed by atoms with Crippen LogP contribution in [0, 0.1) is 0 Å². The van der Waals surface area contributed by atoms with Crippen molar-refractivity contribution in [1.29, 1.82) is 0 Å². The van der Waals surface area contributed by atoms with Gasteiger partial charge in [0.1, 0.15) is 5.82 Å². The van der Waals surface area contributed by atoms with Crippen LogP contribution in [0.4, 0.5) is 23.1 Å². The van der Waals surface area contributed by atoms with Crippen LogP contribution in [0.3, 0.4) is 0 Å². The van der Waals surface area contributed by atoms with Crippen LogP contribution in [-0.2, 0) is 22.8 Å². The number of benzene rings is 2. The molecule has 0 aliphatic carbocycles. The molecule has 0 spiro atoms. The summed E-state index contributed by atoms with van der Waals surface area (Å²) in [7, 11) is -1.05. The Kier molecular flexibility index (Phi) is 6.24. The lowest BCUT2D eigenvalue weighted by Gasteiger charge is -2.32. The van der Waals surface area contributed by atoms with Gasteiger partial charge in [-0.1, -0.05) is 12.1 Å². The summed E-state index contributed by atoms with van der Waals surface area (Å²) in [6, 6.07) is 15.4. The summed E-state index contributed by atoms with van der Waals surface area (Å²) in [5, 5.41) is 3.36. The molecular weight excluding hydrogens is 448 g/mol. The summed E-state index contributed by atoms with van der Waals surface area (Å²) in [5.74, 6) is 1.41. The lowest BCUT2D eigenvalue weighted by molar-refractivity contribution is 0.148. The maximum atomic E-state index is 11.8. The van der Waals surface area contributed by atoms with Crippen molar-refractivity contribution in [2.45, 2.75) is 17.9 Å². The van der Waals surface area contributed by atoms with Crippen LogP contribution in [0.2, 0.25) is 0 Å². The third-order valence-electron chi connectivity index (χ3n) is 6.46. The Labute approximate surface area is 201 Å². The number of nitrogens with zero attached hydrogens (tertiary/aromatic N) is 5. The summed E-state index contributed by atoms with van der Waals surface area (Å²) in [4.78, 5) is 16.6. The van der Waals surface area contributed by atoms with E-state index in [1.807, 2.05) is 24.4 Å². The van der Waals surface area contributed by atoms with E-state index in [-0.39, 0.29) is 0 Å². The number of nitrogens with one attached hydrogen (secondary N) is 1. The van der Waals surface area contributed by atoms with Crippen molar-refractivity contribution in [2.24, 2.45) is 0 Å². The fraction of sp³-hybridized carbons (Fsp3) is 0.360. The van der Waals surface area contributed by atoms with Gasteiger partial charge in [-0.15, -0.1) is 0 Å². The topological polar surface area (TPSA) is 81.7 Å². The van der Waals surface area contributed by atoms with Gasteiger partial charge in [-0.05, 0) is 55.4 Å². The highest BCUT2D eigenvalue weighted by Crippen LogP contribution is 2.34. The maximum absolute atomic E-state index is 11.8. The predicted molar refractivity (Wildman–Crippen MR) is 135 cm³/mol. The molecule has 1 N–H and O–H groups in total. The third-order valence-corrected chi connectivity index (χ3v) is 7.59. The molecule has 0 saturated carbocycles. The zero-order valence-corrected chi connectivity index (χ0v) is 20.4. The Morgan fingerprint density at radius 1 is 1.00 bits per heavy atom. The normalized spacial score (nSPS) is 17.1. The Balaban J connectivity index is 1.31. The molecule has 34 heavy (non-hydrogen) atoms. The van der Waals surface area contributed by atoms with Crippen LogP contribution in [0.1, 0.15) is 11.1 Å². The number of piperazine rings is 1. The van der Waals surface area contributed by atoms with E-state index in [0.29, 0.717) is 10.8 Å². The molecule has 5 rings (SSSR count). The van der Waals surface area contributed by atoms with Gasteiger partial charge in [-0.2, -0.15) is 4.98 Å². The van der Waals surface area contributed by atoms with Gasteiger partial charge in [0.25, 0.3) is 0 Å². The highest BCUT2D eigenvalue weighted by atomic mass is 32.2. The number of sulfone groups is 1. The van der Waals surface area contributed by atoms with E-state index in [0.717, 1.165) is 68.4 Å². The first kappa shape index (κ1) is 22.8. The van der Waals surface area contributed by atoms with Gasteiger partial charge >= 0.3 is 0 Å². The smallest absolute Gasteiger partial charge is 0.229 e. The van der Waals surface area contributed by atoms with E-state index < -0.39 is 9.84 Å². The number of hydrogen-bond acceptors (Lipinski definition) is 8. The average Bonchev–Trinajstić information content (AvgIpc) is 3.24. The molecule has 8 nitrogen and oxygen atoms in total. The standard InChI is InChI=1S/C25H30N6O2S/c1-29-12-14-30(15-13-29)18-19-4-3-5-21(16-19)27-25-26-17-20-10-11-31(24(20)28-25)22-6-8-23(9-7-22)34(2,32)33/h3-9,16-17H,10-15,18H2,1-2H3,(H,26,27,28). The molecule has 2 aliphatic heterocycles.